The summed E-state index contributed by atoms with van der Waals surface area (Å²) in [6.07, 6.45) is 2.54. The number of pyridine rings is 1. The lowest BCUT2D eigenvalue weighted by Crippen LogP contribution is -2.39. The monoisotopic (exact) mass is 453 g/mol. The quantitative estimate of drug-likeness (QED) is 0.646. The third-order valence-electron chi connectivity index (χ3n) is 6.03. The highest BCUT2D eigenvalue weighted by Gasteiger charge is 2.31. The van der Waals surface area contributed by atoms with Crippen LogP contribution in [0.15, 0.2) is 58.5 Å². The SMILES string of the molecule is NC(=O)C1CCN(c2c(S(=O)(=O)c3ccccc3)cnc3cc4c(cc23)OCCO4)CC1. The molecule has 1 saturated heterocycles. The van der Waals surface area contributed by atoms with Crippen molar-refractivity contribution >= 4 is 32.3 Å². The number of nitrogens with two attached hydrogens (primary N) is 1. The minimum atomic E-state index is -3.83. The van der Waals surface area contributed by atoms with Gasteiger partial charge in [-0.3, -0.25) is 9.78 Å². The van der Waals surface area contributed by atoms with Crippen LogP contribution in [-0.2, 0) is 14.6 Å². The van der Waals surface area contributed by atoms with E-state index >= 15 is 0 Å². The van der Waals surface area contributed by atoms with E-state index in [-0.39, 0.29) is 21.6 Å². The number of nitrogens with zero attached hydrogens (tertiary/aromatic N) is 2. The van der Waals surface area contributed by atoms with Crippen molar-refractivity contribution in [1.29, 1.82) is 0 Å². The van der Waals surface area contributed by atoms with E-state index in [2.05, 4.69) is 4.98 Å². The standard InChI is InChI=1S/C23H23N3O5S/c24-23(27)15-6-8-26(9-7-15)22-17-12-19-20(31-11-10-30-19)13-18(17)25-14-21(22)32(28,29)16-4-2-1-3-5-16/h1-5,12-15H,6-11H2,(H2,24,27). The molecule has 0 radical (unpaired) electrons. The van der Waals surface area contributed by atoms with Crippen molar-refractivity contribution in [2.45, 2.75) is 22.6 Å². The Morgan fingerprint density at radius 2 is 1.69 bits per heavy atom. The van der Waals surface area contributed by atoms with Crippen LogP contribution < -0.4 is 20.1 Å². The molecular formula is C23H23N3O5S. The zero-order valence-electron chi connectivity index (χ0n) is 17.4. The summed E-state index contributed by atoms with van der Waals surface area (Å²) in [5, 5.41) is 0.670. The number of primary amides is 1. The topological polar surface area (TPSA) is 112 Å². The summed E-state index contributed by atoms with van der Waals surface area (Å²) in [5.74, 6) is 0.625. The van der Waals surface area contributed by atoms with Gasteiger partial charge < -0.3 is 20.1 Å². The molecule has 1 fully saturated rings. The van der Waals surface area contributed by atoms with Crippen LogP contribution >= 0.6 is 0 Å². The van der Waals surface area contributed by atoms with Crippen LogP contribution in [0.3, 0.4) is 0 Å². The molecule has 32 heavy (non-hydrogen) atoms. The van der Waals surface area contributed by atoms with Crippen LogP contribution in [-0.4, -0.2) is 45.6 Å². The molecule has 2 N–H and O–H groups in total. The van der Waals surface area contributed by atoms with E-state index in [1.807, 2.05) is 4.90 Å². The maximum atomic E-state index is 13.6. The van der Waals surface area contributed by atoms with Crippen molar-refractivity contribution in [1.82, 2.24) is 4.98 Å². The zero-order chi connectivity index (χ0) is 22.3. The summed E-state index contributed by atoms with van der Waals surface area (Å²) in [4.78, 5) is 18.5. The number of anilines is 1. The number of benzene rings is 2. The Labute approximate surface area is 185 Å². The molecule has 0 aliphatic carbocycles. The third-order valence-corrected chi connectivity index (χ3v) is 7.80. The predicted molar refractivity (Wildman–Crippen MR) is 119 cm³/mol. The van der Waals surface area contributed by atoms with Gasteiger partial charge in [0, 0.05) is 36.7 Å². The molecule has 0 saturated carbocycles. The molecule has 5 rings (SSSR count). The Morgan fingerprint density at radius 1 is 1.03 bits per heavy atom. The van der Waals surface area contributed by atoms with Crippen LogP contribution in [0, 0.1) is 5.92 Å². The number of fused-ring (bicyclic) bond motifs is 2. The molecule has 2 aromatic carbocycles. The van der Waals surface area contributed by atoms with Crippen molar-refractivity contribution in [2.24, 2.45) is 11.7 Å². The van der Waals surface area contributed by atoms with Gasteiger partial charge in [0.25, 0.3) is 0 Å². The van der Waals surface area contributed by atoms with Crippen LogP contribution in [0.1, 0.15) is 12.8 Å². The number of carbonyl (C=O) groups is 1. The molecule has 0 unspecified atom stereocenters. The molecule has 1 amide bonds. The number of aromatic nitrogens is 1. The normalized spacial score (nSPS) is 16.8. The van der Waals surface area contributed by atoms with E-state index in [4.69, 9.17) is 15.2 Å². The fraction of sp³-hybridized carbons (Fsp3) is 0.304. The lowest BCUT2D eigenvalue weighted by molar-refractivity contribution is -0.122. The van der Waals surface area contributed by atoms with Crippen molar-refractivity contribution in [3.05, 3.63) is 48.7 Å². The lowest BCUT2D eigenvalue weighted by Gasteiger charge is -2.34. The highest BCUT2D eigenvalue weighted by Crippen LogP contribution is 2.42. The van der Waals surface area contributed by atoms with Gasteiger partial charge >= 0.3 is 0 Å². The largest absolute Gasteiger partial charge is 0.486 e. The molecule has 2 aliphatic heterocycles. The number of piperidine rings is 1. The molecule has 3 aromatic rings. The zero-order valence-corrected chi connectivity index (χ0v) is 18.2. The molecule has 0 spiro atoms. The first-order valence-corrected chi connectivity index (χ1v) is 12.0. The van der Waals surface area contributed by atoms with Gasteiger partial charge in [0.05, 0.1) is 16.1 Å². The average molecular weight is 454 g/mol. The maximum Gasteiger partial charge on any atom is 0.220 e. The Bertz CT molecular complexity index is 1290. The van der Waals surface area contributed by atoms with Crippen LogP contribution in [0.5, 0.6) is 11.5 Å². The average Bonchev–Trinajstić information content (AvgIpc) is 2.82. The highest BCUT2D eigenvalue weighted by atomic mass is 32.2. The van der Waals surface area contributed by atoms with E-state index in [0.29, 0.717) is 67.2 Å². The first-order chi connectivity index (χ1) is 15.4. The molecule has 0 atom stereocenters. The van der Waals surface area contributed by atoms with E-state index in [9.17, 15) is 13.2 Å². The number of amides is 1. The van der Waals surface area contributed by atoms with Gasteiger partial charge in [-0.05, 0) is 31.0 Å². The molecule has 8 nitrogen and oxygen atoms in total. The first-order valence-electron chi connectivity index (χ1n) is 10.5. The van der Waals surface area contributed by atoms with Crippen molar-refractivity contribution < 1.29 is 22.7 Å². The smallest absolute Gasteiger partial charge is 0.220 e. The fourth-order valence-electron chi connectivity index (χ4n) is 4.33. The predicted octanol–water partition coefficient (Wildman–Crippen LogP) is 2.54. The summed E-state index contributed by atoms with van der Waals surface area (Å²) in [5.41, 5.74) is 6.69. The summed E-state index contributed by atoms with van der Waals surface area (Å²) in [6, 6.07) is 11.9. The highest BCUT2D eigenvalue weighted by molar-refractivity contribution is 7.91. The van der Waals surface area contributed by atoms with Crippen molar-refractivity contribution in [3.8, 4) is 11.5 Å². The van der Waals surface area contributed by atoms with Gasteiger partial charge in [0.2, 0.25) is 15.7 Å². The number of carbonyl (C=O) groups excluding carboxylic acids is 1. The summed E-state index contributed by atoms with van der Waals surface area (Å²) in [6.45, 7) is 1.90. The van der Waals surface area contributed by atoms with Gasteiger partial charge in [-0.15, -0.1) is 0 Å². The molecule has 0 bridgehead atoms. The van der Waals surface area contributed by atoms with E-state index in [1.165, 1.54) is 6.20 Å². The van der Waals surface area contributed by atoms with E-state index in [0.717, 1.165) is 0 Å². The number of rotatable bonds is 4. The van der Waals surface area contributed by atoms with Crippen molar-refractivity contribution in [3.63, 3.8) is 0 Å². The first kappa shape index (κ1) is 20.6. The van der Waals surface area contributed by atoms with Crippen LogP contribution in [0.4, 0.5) is 5.69 Å². The second kappa shape index (κ2) is 7.98. The Balaban J connectivity index is 1.70. The Morgan fingerprint density at radius 3 is 2.34 bits per heavy atom. The van der Waals surface area contributed by atoms with Crippen molar-refractivity contribution in [2.75, 3.05) is 31.2 Å². The van der Waals surface area contributed by atoms with Crippen LogP contribution in [0.25, 0.3) is 10.9 Å². The third kappa shape index (κ3) is 3.52. The summed E-state index contributed by atoms with van der Waals surface area (Å²) in [7, 11) is -3.83. The molecule has 1 aromatic heterocycles. The molecule has 166 valence electrons. The van der Waals surface area contributed by atoms with Gasteiger partial charge in [-0.2, -0.15) is 0 Å². The molecule has 3 heterocycles. The van der Waals surface area contributed by atoms with E-state index < -0.39 is 9.84 Å². The second-order valence-electron chi connectivity index (χ2n) is 7.96. The van der Waals surface area contributed by atoms with E-state index in [1.54, 1.807) is 42.5 Å². The molecule has 2 aliphatic rings. The van der Waals surface area contributed by atoms with Gasteiger partial charge in [0.15, 0.2) is 11.5 Å². The minimum Gasteiger partial charge on any atom is -0.486 e. The number of hydrogen-bond acceptors (Lipinski definition) is 7. The van der Waals surface area contributed by atoms with Crippen LogP contribution in [0.2, 0.25) is 0 Å². The minimum absolute atomic E-state index is 0.130. The molecule has 9 heteroatoms. The van der Waals surface area contributed by atoms with Gasteiger partial charge in [0.1, 0.15) is 18.1 Å². The fourth-order valence-corrected chi connectivity index (χ4v) is 5.79. The second-order valence-corrected chi connectivity index (χ2v) is 9.88. The Hall–Kier alpha value is -3.33. The summed E-state index contributed by atoms with van der Waals surface area (Å²) < 4.78 is 38.6. The van der Waals surface area contributed by atoms with Gasteiger partial charge in [-0.25, -0.2) is 8.42 Å². The maximum absolute atomic E-state index is 13.6. The number of hydrogen-bond donors (Lipinski definition) is 1. The summed E-state index contributed by atoms with van der Waals surface area (Å²) >= 11 is 0. The van der Waals surface area contributed by atoms with Gasteiger partial charge in [-0.1, -0.05) is 18.2 Å². The number of sulfone groups is 1. The number of ether oxygens (including phenoxy) is 2. The lowest BCUT2D eigenvalue weighted by atomic mass is 9.95. The Kier molecular flexibility index (Phi) is 5.13. The molecular weight excluding hydrogens is 430 g/mol.